The molecule has 0 aliphatic rings. The van der Waals surface area contributed by atoms with Crippen molar-refractivity contribution in [3.8, 4) is 0 Å². The molecule has 192 valence electrons. The number of hydrogen-bond donors (Lipinski definition) is 1. The summed E-state index contributed by atoms with van der Waals surface area (Å²) in [5.41, 5.74) is 0. The van der Waals surface area contributed by atoms with Crippen LogP contribution in [-0.2, 0) is 14.3 Å². The zero-order valence-electron chi connectivity index (χ0n) is 21.5. The minimum absolute atomic E-state index is 0.145. The van der Waals surface area contributed by atoms with Crippen LogP contribution in [0.1, 0.15) is 135 Å². The molecule has 0 aliphatic carbocycles. The maximum atomic E-state index is 11.9. The van der Waals surface area contributed by atoms with Gasteiger partial charge in [0.05, 0.1) is 12.3 Å². The summed E-state index contributed by atoms with van der Waals surface area (Å²) in [7, 11) is 0. The number of allylic oxidation sites excluding steroid dienone is 2. The second kappa shape index (κ2) is 25.1. The molecule has 0 radical (unpaired) electrons. The number of unbranched alkanes of at least 4 members (excludes halogenated alkanes) is 16. The van der Waals surface area contributed by atoms with Crippen LogP contribution >= 0.6 is 0 Å². The second-order valence-corrected chi connectivity index (χ2v) is 9.35. The summed E-state index contributed by atoms with van der Waals surface area (Å²) in [6, 6.07) is 0. The largest absolute Gasteiger partial charge is 0.481 e. The molecule has 0 fully saturated rings. The lowest BCUT2D eigenvalue weighted by Crippen LogP contribution is -2.21. The summed E-state index contributed by atoms with van der Waals surface area (Å²) in [6.45, 7) is 5.89. The van der Waals surface area contributed by atoms with Crippen molar-refractivity contribution in [1.82, 2.24) is 0 Å². The molecule has 0 aromatic carbocycles. The van der Waals surface area contributed by atoms with Gasteiger partial charge in [-0.05, 0) is 25.7 Å². The number of esters is 1. The SMILES string of the molecule is C=CCOC(=O)C(CCCCCCCCCCCCCCCCC/C=C/CCC)CC(=O)O. The number of carbonyl (C=O) groups is 2. The number of carbonyl (C=O) groups excluding carboxylic acids is 1. The van der Waals surface area contributed by atoms with E-state index in [1.54, 1.807) is 0 Å². The van der Waals surface area contributed by atoms with Gasteiger partial charge in [0, 0.05) is 0 Å². The van der Waals surface area contributed by atoms with Crippen LogP contribution in [-0.4, -0.2) is 23.7 Å². The number of carboxylic acids is 1. The Labute approximate surface area is 204 Å². The third-order valence-electron chi connectivity index (χ3n) is 6.14. The first-order chi connectivity index (χ1) is 16.1. The average Bonchev–Trinajstić information content (AvgIpc) is 2.80. The van der Waals surface area contributed by atoms with E-state index < -0.39 is 17.9 Å². The third kappa shape index (κ3) is 23.4. The van der Waals surface area contributed by atoms with E-state index in [1.807, 2.05) is 0 Å². The monoisotopic (exact) mass is 464 g/mol. The first kappa shape index (κ1) is 31.4. The van der Waals surface area contributed by atoms with Crippen molar-refractivity contribution in [1.29, 1.82) is 0 Å². The Morgan fingerprint density at radius 1 is 0.758 bits per heavy atom. The highest BCUT2D eigenvalue weighted by Crippen LogP contribution is 2.18. The predicted molar refractivity (Wildman–Crippen MR) is 139 cm³/mol. The Balaban J connectivity index is 3.42. The number of hydrogen-bond acceptors (Lipinski definition) is 3. The normalized spacial score (nSPS) is 12.2. The lowest BCUT2D eigenvalue weighted by molar-refractivity contribution is -0.152. The van der Waals surface area contributed by atoms with Gasteiger partial charge in [0.1, 0.15) is 6.61 Å². The molecule has 4 heteroatoms. The summed E-state index contributed by atoms with van der Waals surface area (Å²) < 4.78 is 5.03. The van der Waals surface area contributed by atoms with Gasteiger partial charge >= 0.3 is 11.9 Å². The van der Waals surface area contributed by atoms with E-state index >= 15 is 0 Å². The molecule has 1 N–H and O–H groups in total. The van der Waals surface area contributed by atoms with Gasteiger partial charge in [-0.1, -0.05) is 128 Å². The molecule has 0 spiro atoms. The van der Waals surface area contributed by atoms with Gasteiger partial charge < -0.3 is 9.84 Å². The smallest absolute Gasteiger partial charge is 0.309 e. The van der Waals surface area contributed by atoms with Gasteiger partial charge in [-0.2, -0.15) is 0 Å². The maximum absolute atomic E-state index is 11.9. The molecule has 0 bridgehead atoms. The Hall–Kier alpha value is -1.58. The first-order valence-electron chi connectivity index (χ1n) is 13.8. The van der Waals surface area contributed by atoms with Crippen LogP contribution in [0, 0.1) is 5.92 Å². The van der Waals surface area contributed by atoms with Gasteiger partial charge in [0.2, 0.25) is 0 Å². The fraction of sp³-hybridized carbons (Fsp3) is 0.793. The molecule has 33 heavy (non-hydrogen) atoms. The molecule has 0 aromatic rings. The quantitative estimate of drug-likeness (QED) is 0.0832. The minimum atomic E-state index is -0.943. The highest BCUT2D eigenvalue weighted by Gasteiger charge is 2.22. The Kier molecular flexibility index (Phi) is 23.9. The number of rotatable bonds is 25. The summed E-state index contributed by atoms with van der Waals surface area (Å²) in [5.74, 6) is -1.89. The van der Waals surface area contributed by atoms with Crippen molar-refractivity contribution in [2.75, 3.05) is 6.61 Å². The van der Waals surface area contributed by atoms with Crippen molar-refractivity contribution in [2.24, 2.45) is 5.92 Å². The van der Waals surface area contributed by atoms with E-state index in [-0.39, 0.29) is 13.0 Å². The summed E-state index contributed by atoms with van der Waals surface area (Å²) in [5, 5.41) is 8.99. The fourth-order valence-electron chi connectivity index (χ4n) is 4.13. The number of ether oxygens (including phenoxy) is 1. The van der Waals surface area contributed by atoms with Crippen molar-refractivity contribution < 1.29 is 19.4 Å². The van der Waals surface area contributed by atoms with Crippen LogP contribution in [0.5, 0.6) is 0 Å². The molecule has 0 aliphatic heterocycles. The molecule has 0 amide bonds. The van der Waals surface area contributed by atoms with Crippen molar-refractivity contribution >= 4 is 11.9 Å². The highest BCUT2D eigenvalue weighted by atomic mass is 16.5. The van der Waals surface area contributed by atoms with Crippen molar-refractivity contribution in [2.45, 2.75) is 135 Å². The van der Waals surface area contributed by atoms with Crippen LogP contribution in [0.2, 0.25) is 0 Å². The predicted octanol–water partition coefficient (Wildman–Crippen LogP) is 8.79. The van der Waals surface area contributed by atoms with Crippen LogP contribution in [0.15, 0.2) is 24.8 Å². The van der Waals surface area contributed by atoms with E-state index in [0.717, 1.165) is 19.3 Å². The average molecular weight is 465 g/mol. The molecule has 1 unspecified atom stereocenters. The third-order valence-corrected chi connectivity index (χ3v) is 6.14. The molecule has 0 saturated heterocycles. The Morgan fingerprint density at radius 2 is 1.21 bits per heavy atom. The van der Waals surface area contributed by atoms with Gasteiger partial charge in [-0.3, -0.25) is 9.59 Å². The molecule has 4 nitrogen and oxygen atoms in total. The van der Waals surface area contributed by atoms with Crippen molar-refractivity contribution in [3.63, 3.8) is 0 Å². The highest BCUT2D eigenvalue weighted by molar-refractivity contribution is 5.79. The molecule has 0 aromatic heterocycles. The molecule has 0 rings (SSSR count). The molecule has 1 atom stereocenters. The molecular weight excluding hydrogens is 412 g/mol. The lowest BCUT2D eigenvalue weighted by atomic mass is 9.97. The molecular formula is C29H52O4. The van der Waals surface area contributed by atoms with Crippen LogP contribution in [0.25, 0.3) is 0 Å². The Bertz CT molecular complexity index is 498. The van der Waals surface area contributed by atoms with Crippen LogP contribution < -0.4 is 0 Å². The van der Waals surface area contributed by atoms with E-state index in [4.69, 9.17) is 9.84 Å². The van der Waals surface area contributed by atoms with Crippen LogP contribution in [0.3, 0.4) is 0 Å². The van der Waals surface area contributed by atoms with Crippen LogP contribution in [0.4, 0.5) is 0 Å². The summed E-state index contributed by atoms with van der Waals surface area (Å²) in [4.78, 5) is 22.9. The molecule has 0 heterocycles. The summed E-state index contributed by atoms with van der Waals surface area (Å²) >= 11 is 0. The topological polar surface area (TPSA) is 63.6 Å². The van der Waals surface area contributed by atoms with Gasteiger partial charge in [0.25, 0.3) is 0 Å². The molecule has 0 saturated carbocycles. The van der Waals surface area contributed by atoms with Gasteiger partial charge in [-0.25, -0.2) is 0 Å². The second-order valence-electron chi connectivity index (χ2n) is 9.35. The van der Waals surface area contributed by atoms with Gasteiger partial charge in [-0.15, -0.1) is 0 Å². The number of aliphatic carboxylic acids is 1. The van der Waals surface area contributed by atoms with E-state index in [9.17, 15) is 9.59 Å². The van der Waals surface area contributed by atoms with Gasteiger partial charge in [0.15, 0.2) is 0 Å². The zero-order valence-corrected chi connectivity index (χ0v) is 21.5. The number of carboxylic acid groups (broad SMARTS) is 1. The van der Waals surface area contributed by atoms with E-state index in [1.165, 1.54) is 102 Å². The lowest BCUT2D eigenvalue weighted by Gasteiger charge is -2.13. The first-order valence-corrected chi connectivity index (χ1v) is 13.8. The fourth-order valence-corrected chi connectivity index (χ4v) is 4.13. The van der Waals surface area contributed by atoms with E-state index in [2.05, 4.69) is 25.7 Å². The minimum Gasteiger partial charge on any atom is -0.481 e. The zero-order chi connectivity index (χ0) is 24.4. The Morgan fingerprint density at radius 3 is 1.67 bits per heavy atom. The van der Waals surface area contributed by atoms with Crippen molar-refractivity contribution in [3.05, 3.63) is 24.8 Å². The standard InChI is InChI=1S/C29H52O4/c1-3-5-6-7-8-9-10-11-12-13-14-15-16-17-18-19-20-21-22-23-24-27(26-28(30)31)29(32)33-25-4-2/h4,6-7,27H,2-3,5,8-26H2,1H3,(H,30,31)/b7-6+. The maximum Gasteiger partial charge on any atom is 0.309 e. The van der Waals surface area contributed by atoms with E-state index in [0.29, 0.717) is 6.42 Å². The summed E-state index contributed by atoms with van der Waals surface area (Å²) in [6.07, 6.45) is 29.7.